The minimum Gasteiger partial charge on any atom is -0.416 e. The third-order valence-electron chi connectivity index (χ3n) is 3.12. The fourth-order valence-corrected chi connectivity index (χ4v) is 3.69. The van der Waals surface area contributed by atoms with Gasteiger partial charge in [-0.3, -0.25) is 4.79 Å². The van der Waals surface area contributed by atoms with Crippen molar-refractivity contribution in [1.29, 1.82) is 0 Å². The number of nitrogens with one attached hydrogen (secondary N) is 1. The predicted octanol–water partition coefficient (Wildman–Crippen LogP) is 3.08. The highest BCUT2D eigenvalue weighted by Gasteiger charge is 2.11. The van der Waals surface area contributed by atoms with E-state index in [0.29, 0.717) is 17.5 Å². The van der Waals surface area contributed by atoms with Gasteiger partial charge < -0.3 is 9.73 Å². The first-order chi connectivity index (χ1) is 11.6. The number of hydrogen-bond acceptors (Lipinski definition) is 7. The van der Waals surface area contributed by atoms with Crippen LogP contribution in [-0.2, 0) is 17.6 Å². The average Bonchev–Trinajstić information content (AvgIpc) is 3.16. The van der Waals surface area contributed by atoms with E-state index in [1.54, 1.807) is 11.3 Å². The largest absolute Gasteiger partial charge is 0.416 e. The van der Waals surface area contributed by atoms with Crippen LogP contribution in [0.3, 0.4) is 0 Å². The Morgan fingerprint density at radius 3 is 2.92 bits per heavy atom. The van der Waals surface area contributed by atoms with Crippen molar-refractivity contribution in [2.24, 2.45) is 0 Å². The Hall–Kier alpha value is -1.93. The Morgan fingerprint density at radius 2 is 2.12 bits per heavy atom. The van der Waals surface area contributed by atoms with Crippen LogP contribution in [0.15, 0.2) is 33.9 Å². The lowest BCUT2D eigenvalue weighted by Crippen LogP contribution is -2.31. The topological polar surface area (TPSA) is 80.9 Å². The van der Waals surface area contributed by atoms with Gasteiger partial charge in [-0.1, -0.05) is 23.9 Å². The Balaban J connectivity index is 1.51. The molecule has 0 fully saturated rings. The van der Waals surface area contributed by atoms with Crippen molar-refractivity contribution in [2.75, 3.05) is 5.75 Å². The zero-order valence-corrected chi connectivity index (χ0v) is 15.1. The van der Waals surface area contributed by atoms with Crippen LogP contribution in [0.2, 0.25) is 0 Å². The number of thiazole rings is 1. The Bertz CT molecular complexity index is 795. The van der Waals surface area contributed by atoms with Gasteiger partial charge in [0.05, 0.1) is 21.0 Å². The molecule has 0 spiro atoms. The molecule has 0 aliphatic heterocycles. The third-order valence-corrected chi connectivity index (χ3v) is 5.03. The summed E-state index contributed by atoms with van der Waals surface area (Å²) in [5.74, 6) is 0.808. The van der Waals surface area contributed by atoms with E-state index in [2.05, 4.69) is 26.6 Å². The number of aromatic nitrogens is 3. The van der Waals surface area contributed by atoms with Gasteiger partial charge in [-0.15, -0.1) is 21.5 Å². The van der Waals surface area contributed by atoms with E-state index in [9.17, 15) is 4.79 Å². The molecular weight excluding hydrogens is 344 g/mol. The highest BCUT2D eigenvalue weighted by atomic mass is 32.2. The van der Waals surface area contributed by atoms with Gasteiger partial charge in [0.25, 0.3) is 5.22 Å². The zero-order valence-electron chi connectivity index (χ0n) is 13.5. The van der Waals surface area contributed by atoms with Crippen molar-refractivity contribution in [3.05, 3.63) is 35.2 Å². The summed E-state index contributed by atoms with van der Waals surface area (Å²) >= 11 is 2.94. The quantitative estimate of drug-likeness (QED) is 0.651. The van der Waals surface area contributed by atoms with Crippen molar-refractivity contribution < 1.29 is 9.21 Å². The van der Waals surface area contributed by atoms with E-state index in [1.165, 1.54) is 16.5 Å². The summed E-state index contributed by atoms with van der Waals surface area (Å²) in [5.41, 5.74) is 1.02. The number of carbonyl (C=O) groups is 1. The molecule has 24 heavy (non-hydrogen) atoms. The second-order valence-electron chi connectivity index (χ2n) is 5.55. The van der Waals surface area contributed by atoms with Gasteiger partial charge >= 0.3 is 0 Å². The summed E-state index contributed by atoms with van der Waals surface area (Å²) in [6, 6.07) is 8.22. The number of amides is 1. The number of rotatable bonds is 7. The van der Waals surface area contributed by atoms with Crippen molar-refractivity contribution in [3.8, 4) is 0 Å². The number of hydrogen-bond donors (Lipinski definition) is 1. The lowest BCUT2D eigenvalue weighted by molar-refractivity contribution is -0.119. The summed E-state index contributed by atoms with van der Waals surface area (Å²) in [6.45, 7) is 3.85. The number of nitrogens with zero attached hydrogens (tertiary/aromatic N) is 3. The first-order valence-corrected chi connectivity index (χ1v) is 9.49. The molecule has 0 saturated carbocycles. The molecule has 1 amide bonds. The van der Waals surface area contributed by atoms with Crippen LogP contribution in [0, 0.1) is 0 Å². The van der Waals surface area contributed by atoms with Crippen LogP contribution in [-0.4, -0.2) is 32.9 Å². The summed E-state index contributed by atoms with van der Waals surface area (Å²) in [6.07, 6.45) is 1.41. The molecule has 0 aliphatic rings. The fourth-order valence-electron chi connectivity index (χ4n) is 2.13. The van der Waals surface area contributed by atoms with Gasteiger partial charge in [0.2, 0.25) is 11.8 Å². The molecule has 8 heteroatoms. The van der Waals surface area contributed by atoms with Crippen LogP contribution in [0.4, 0.5) is 0 Å². The lowest BCUT2D eigenvalue weighted by atomic mass is 10.3. The van der Waals surface area contributed by atoms with E-state index in [1.807, 2.05) is 32.0 Å². The van der Waals surface area contributed by atoms with E-state index < -0.39 is 0 Å². The molecule has 3 aromatic rings. The van der Waals surface area contributed by atoms with Gasteiger partial charge in [0.1, 0.15) is 0 Å². The smallest absolute Gasteiger partial charge is 0.277 e. The van der Waals surface area contributed by atoms with E-state index in [0.717, 1.165) is 16.9 Å². The summed E-state index contributed by atoms with van der Waals surface area (Å²) < 4.78 is 6.76. The standard InChI is InChI=1S/C16H18N4O2S2/c1-10(2)17-13(21)9-23-16-20-19-14(22-16)7-8-15-18-11-5-3-4-6-12(11)24-15/h3-6,10H,7-9H2,1-2H3,(H,17,21). The maximum atomic E-state index is 11.6. The number of carbonyl (C=O) groups excluding carboxylic acids is 1. The second-order valence-corrected chi connectivity index (χ2v) is 7.59. The van der Waals surface area contributed by atoms with Crippen molar-refractivity contribution in [2.45, 2.75) is 38.0 Å². The first-order valence-electron chi connectivity index (χ1n) is 7.69. The van der Waals surface area contributed by atoms with Crippen LogP contribution in [0.25, 0.3) is 10.2 Å². The molecule has 0 atom stereocenters. The Kier molecular flexibility index (Phi) is 5.47. The normalized spacial score (nSPS) is 11.3. The lowest BCUT2D eigenvalue weighted by Gasteiger charge is -2.06. The molecule has 0 unspecified atom stereocenters. The molecule has 1 aromatic carbocycles. The van der Waals surface area contributed by atoms with Crippen LogP contribution >= 0.6 is 23.1 Å². The van der Waals surface area contributed by atoms with Gasteiger partial charge in [-0.05, 0) is 26.0 Å². The molecule has 2 aromatic heterocycles. The van der Waals surface area contributed by atoms with Crippen molar-refractivity contribution in [3.63, 3.8) is 0 Å². The molecule has 6 nitrogen and oxygen atoms in total. The van der Waals surface area contributed by atoms with Crippen LogP contribution < -0.4 is 5.32 Å². The molecule has 0 bridgehead atoms. The molecule has 2 heterocycles. The van der Waals surface area contributed by atoms with E-state index in [4.69, 9.17) is 4.42 Å². The molecule has 0 radical (unpaired) electrons. The van der Waals surface area contributed by atoms with Gasteiger partial charge in [-0.2, -0.15) is 0 Å². The predicted molar refractivity (Wildman–Crippen MR) is 95.3 cm³/mol. The second kappa shape index (κ2) is 7.76. The average molecular weight is 362 g/mol. The van der Waals surface area contributed by atoms with Gasteiger partial charge in [0.15, 0.2) is 0 Å². The van der Waals surface area contributed by atoms with Gasteiger partial charge in [0, 0.05) is 18.9 Å². The number of fused-ring (bicyclic) bond motifs is 1. The maximum absolute atomic E-state index is 11.6. The van der Waals surface area contributed by atoms with Crippen LogP contribution in [0.1, 0.15) is 24.7 Å². The molecule has 0 aliphatic carbocycles. The molecule has 3 rings (SSSR count). The minimum atomic E-state index is -0.0378. The number of thioether (sulfide) groups is 1. The number of para-hydroxylation sites is 1. The Labute approximate surface area is 148 Å². The Morgan fingerprint density at radius 1 is 1.29 bits per heavy atom. The summed E-state index contributed by atoms with van der Waals surface area (Å²) in [7, 11) is 0. The first kappa shape index (κ1) is 16.9. The van der Waals surface area contributed by atoms with Gasteiger partial charge in [-0.25, -0.2) is 4.98 Å². The third kappa shape index (κ3) is 4.55. The molecule has 1 N–H and O–H groups in total. The molecular formula is C16H18N4O2S2. The zero-order chi connectivity index (χ0) is 16.9. The van der Waals surface area contributed by atoms with Crippen LogP contribution in [0.5, 0.6) is 0 Å². The highest BCUT2D eigenvalue weighted by Crippen LogP contribution is 2.23. The summed E-state index contributed by atoms with van der Waals surface area (Å²) in [4.78, 5) is 16.2. The highest BCUT2D eigenvalue weighted by molar-refractivity contribution is 7.99. The van der Waals surface area contributed by atoms with Crippen molar-refractivity contribution in [1.82, 2.24) is 20.5 Å². The van der Waals surface area contributed by atoms with E-state index >= 15 is 0 Å². The maximum Gasteiger partial charge on any atom is 0.277 e. The monoisotopic (exact) mass is 362 g/mol. The number of benzene rings is 1. The molecule has 126 valence electrons. The fraction of sp³-hybridized carbons (Fsp3) is 0.375. The van der Waals surface area contributed by atoms with E-state index in [-0.39, 0.29) is 17.7 Å². The van der Waals surface area contributed by atoms with Crippen molar-refractivity contribution >= 4 is 39.2 Å². The number of aryl methyl sites for hydroxylation is 2. The molecule has 0 saturated heterocycles. The SMILES string of the molecule is CC(C)NC(=O)CSc1nnc(CCc2nc3ccccc3s2)o1. The minimum absolute atomic E-state index is 0.0378. The summed E-state index contributed by atoms with van der Waals surface area (Å²) in [5, 5.41) is 12.3.